The van der Waals surface area contributed by atoms with Crippen LogP contribution in [0.3, 0.4) is 0 Å². The molecule has 0 heterocycles. The van der Waals surface area contributed by atoms with Crippen LogP contribution in [0.15, 0.2) is 46.9 Å². The number of hydrogen-bond donors (Lipinski definition) is 0. The first-order valence-electron chi connectivity index (χ1n) is 14.4. The molecule has 1 aliphatic rings. The number of allylic oxidation sites excluding steroid dienone is 4. The minimum absolute atomic E-state index is 0.522. The fourth-order valence-corrected chi connectivity index (χ4v) is 14.1. The van der Waals surface area contributed by atoms with Gasteiger partial charge in [0.1, 0.15) is 0 Å². The summed E-state index contributed by atoms with van der Waals surface area (Å²) in [6.07, 6.45) is 8.32. The van der Waals surface area contributed by atoms with Crippen molar-refractivity contribution < 1.29 is 0 Å². The van der Waals surface area contributed by atoms with Gasteiger partial charge in [0.25, 0.3) is 0 Å². The molecule has 36 heavy (non-hydrogen) atoms. The summed E-state index contributed by atoms with van der Waals surface area (Å²) in [7, 11) is 0. The van der Waals surface area contributed by atoms with Gasteiger partial charge < -0.3 is 0 Å². The van der Waals surface area contributed by atoms with Crippen molar-refractivity contribution in [3.05, 3.63) is 80.3 Å². The van der Waals surface area contributed by atoms with Gasteiger partial charge in [0.05, 0.1) is 0 Å². The van der Waals surface area contributed by atoms with Gasteiger partial charge in [0.2, 0.25) is 0 Å². The first kappa shape index (κ1) is 29.0. The second kappa shape index (κ2) is 11.9. The van der Waals surface area contributed by atoms with Crippen molar-refractivity contribution in [2.24, 2.45) is 0 Å². The van der Waals surface area contributed by atoms with Gasteiger partial charge in [0, 0.05) is 0 Å². The van der Waals surface area contributed by atoms with Crippen molar-refractivity contribution in [1.29, 1.82) is 0 Å². The summed E-state index contributed by atoms with van der Waals surface area (Å²) in [6, 6.07) is 10.3. The zero-order chi connectivity index (χ0) is 26.9. The molecule has 0 fully saturated rings. The fourth-order valence-electron chi connectivity index (χ4n) is 5.57. The van der Waals surface area contributed by atoms with Gasteiger partial charge >= 0.3 is 228 Å². The summed E-state index contributed by atoms with van der Waals surface area (Å²) in [6.45, 7) is 28.7. The van der Waals surface area contributed by atoms with Crippen LogP contribution in [0.1, 0.15) is 158 Å². The number of rotatable bonds is 9. The average Bonchev–Trinajstić information content (AvgIpc) is 3.32. The van der Waals surface area contributed by atoms with Gasteiger partial charge in [-0.1, -0.05) is 0 Å². The summed E-state index contributed by atoms with van der Waals surface area (Å²) >= 11 is -2.09. The Morgan fingerprint density at radius 2 is 0.833 bits per heavy atom. The van der Waals surface area contributed by atoms with Crippen LogP contribution in [0.2, 0.25) is 0 Å². The van der Waals surface area contributed by atoms with E-state index in [4.69, 9.17) is 0 Å². The first-order chi connectivity index (χ1) is 16.8. The van der Waals surface area contributed by atoms with Crippen LogP contribution in [0.4, 0.5) is 0 Å². The topological polar surface area (TPSA) is 0 Å². The Hall–Kier alpha value is -1.54. The summed E-state index contributed by atoms with van der Waals surface area (Å²) in [5.41, 5.74) is 9.47. The normalized spacial score (nSPS) is 14.1. The molecule has 0 saturated heterocycles. The average molecular weight is 544 g/mol. The second-order valence-electron chi connectivity index (χ2n) is 12.8. The van der Waals surface area contributed by atoms with Crippen molar-refractivity contribution in [3.63, 3.8) is 0 Å². The molecule has 0 nitrogen and oxygen atoms in total. The van der Waals surface area contributed by atoms with Gasteiger partial charge in [-0.15, -0.1) is 0 Å². The Kier molecular flexibility index (Phi) is 9.59. The quantitative estimate of drug-likeness (QED) is 0.276. The third-order valence-electron chi connectivity index (χ3n) is 7.86. The Morgan fingerprint density at radius 3 is 1.06 bits per heavy atom. The summed E-state index contributed by atoms with van der Waals surface area (Å²) in [5, 5.41) is 0. The van der Waals surface area contributed by atoms with Gasteiger partial charge in [-0.05, 0) is 0 Å². The predicted molar refractivity (Wildman–Crippen MR) is 164 cm³/mol. The third-order valence-corrected chi connectivity index (χ3v) is 14.5. The first-order valence-corrected chi connectivity index (χ1v) is 17.6. The Morgan fingerprint density at radius 1 is 0.500 bits per heavy atom. The molecule has 0 spiro atoms. The minimum atomic E-state index is -2.09. The van der Waals surface area contributed by atoms with E-state index in [1.807, 2.05) is 0 Å². The molecule has 1 aliphatic carbocycles. The van der Waals surface area contributed by atoms with Crippen molar-refractivity contribution in [2.45, 2.75) is 125 Å². The van der Waals surface area contributed by atoms with Crippen LogP contribution in [-0.2, 0) is 0 Å². The van der Waals surface area contributed by atoms with E-state index in [0.29, 0.717) is 35.5 Å². The van der Waals surface area contributed by atoms with E-state index in [2.05, 4.69) is 126 Å². The molecule has 195 valence electrons. The molecule has 1 radical (unpaired) electrons. The molecule has 0 unspecified atom stereocenters. The van der Waals surface area contributed by atoms with E-state index in [9.17, 15) is 0 Å². The molecule has 0 aliphatic heterocycles. The van der Waals surface area contributed by atoms with Crippen LogP contribution in [0.5, 0.6) is 0 Å². The predicted octanol–water partition coefficient (Wildman–Crippen LogP) is 9.46. The van der Waals surface area contributed by atoms with Crippen LogP contribution < -0.4 is 8.79 Å². The molecule has 0 N–H and O–H groups in total. The fraction of sp³-hybridized carbons (Fsp3) is 0.543. The standard InChI is InChI=1S/C35H51Ge/c1-21(2)27-17-30(23(5)6)34(31(18-27)24(7)8)36(29-15-13-14-16-29)35-32(25(9)10)19-28(22(3)4)20-33(35)26(11)12/h13-15,17-26H,16H2,1-12H3. The van der Waals surface area contributed by atoms with E-state index in [0.717, 1.165) is 6.42 Å². The molecular weight excluding hydrogens is 493 g/mol. The number of benzene rings is 2. The molecule has 1 heteroatoms. The third kappa shape index (κ3) is 5.95. The summed E-state index contributed by atoms with van der Waals surface area (Å²) in [4.78, 5) is 0. The van der Waals surface area contributed by atoms with E-state index in [-0.39, 0.29) is 0 Å². The summed E-state index contributed by atoms with van der Waals surface area (Å²) < 4.78 is 5.22. The SMILES string of the molecule is CC(C)c1cc(C(C)C)[c]([Ge]([C]2=CC=CC2)[c]2c(C(C)C)cc(C(C)C)cc2C(C)C)c(C(C)C)c1. The van der Waals surface area contributed by atoms with Gasteiger partial charge in [0.15, 0.2) is 0 Å². The van der Waals surface area contributed by atoms with Gasteiger partial charge in [-0.25, -0.2) is 0 Å². The monoisotopic (exact) mass is 545 g/mol. The van der Waals surface area contributed by atoms with Crippen molar-refractivity contribution in [1.82, 2.24) is 0 Å². The Labute approximate surface area is 227 Å². The van der Waals surface area contributed by atoms with Crippen LogP contribution >= 0.6 is 0 Å². The van der Waals surface area contributed by atoms with Crippen molar-refractivity contribution in [3.8, 4) is 0 Å². The summed E-state index contributed by atoms with van der Waals surface area (Å²) in [5.74, 6) is 3.18. The van der Waals surface area contributed by atoms with Crippen LogP contribution in [0.25, 0.3) is 0 Å². The zero-order valence-electron chi connectivity index (χ0n) is 25.2. The van der Waals surface area contributed by atoms with Crippen LogP contribution in [0, 0.1) is 0 Å². The zero-order valence-corrected chi connectivity index (χ0v) is 27.3. The maximum absolute atomic E-state index is 2.58. The van der Waals surface area contributed by atoms with Gasteiger partial charge in [-0.2, -0.15) is 0 Å². The van der Waals surface area contributed by atoms with E-state index >= 15 is 0 Å². The Bertz CT molecular complexity index is 988. The molecule has 0 atom stereocenters. The van der Waals surface area contributed by atoms with E-state index in [1.165, 1.54) is 11.1 Å². The molecule has 0 aromatic heterocycles. The van der Waals surface area contributed by atoms with Crippen molar-refractivity contribution >= 4 is 23.1 Å². The molecular formula is C35H51Ge. The van der Waals surface area contributed by atoms with Crippen molar-refractivity contribution in [2.75, 3.05) is 0 Å². The second-order valence-corrected chi connectivity index (χ2v) is 17.8. The maximum atomic E-state index is 2.58. The van der Waals surface area contributed by atoms with E-state index < -0.39 is 14.3 Å². The molecule has 3 rings (SSSR count). The van der Waals surface area contributed by atoms with E-state index in [1.54, 1.807) is 35.5 Å². The molecule has 0 bridgehead atoms. The van der Waals surface area contributed by atoms with Crippen LogP contribution in [-0.4, -0.2) is 14.3 Å². The molecule has 2 aromatic rings. The molecule has 2 aromatic carbocycles. The Balaban J connectivity index is 2.52. The van der Waals surface area contributed by atoms with Gasteiger partial charge in [-0.3, -0.25) is 0 Å². The number of hydrogen-bond acceptors (Lipinski definition) is 0. The molecule has 0 saturated carbocycles. The molecule has 0 amide bonds.